The lowest BCUT2D eigenvalue weighted by Gasteiger charge is -2.07. The topological polar surface area (TPSA) is 29.9 Å². The summed E-state index contributed by atoms with van der Waals surface area (Å²) in [6, 6.07) is 6.34. The summed E-state index contributed by atoms with van der Waals surface area (Å²) >= 11 is 0. The number of hydrogen-bond donors (Lipinski definition) is 1. The van der Waals surface area contributed by atoms with E-state index >= 15 is 0 Å². The van der Waals surface area contributed by atoms with Crippen molar-refractivity contribution in [2.45, 2.75) is 6.42 Å². The molecule has 3 rings (SSSR count). The third kappa shape index (κ3) is 1.02. The molecule has 3 nitrogen and oxygen atoms in total. The minimum absolute atomic E-state index is 1.04. The van der Waals surface area contributed by atoms with Crippen molar-refractivity contribution in [2.75, 3.05) is 11.9 Å². The van der Waals surface area contributed by atoms with Crippen molar-refractivity contribution in [2.24, 2.45) is 0 Å². The van der Waals surface area contributed by atoms with Gasteiger partial charge in [-0.15, -0.1) is 0 Å². The van der Waals surface area contributed by atoms with Gasteiger partial charge in [0.25, 0.3) is 0 Å². The second kappa shape index (κ2) is 2.87. The predicted octanol–water partition coefficient (Wildman–Crippen LogP) is 1.84. The molecule has 1 aromatic carbocycles. The Morgan fingerprint density at radius 2 is 2.36 bits per heavy atom. The molecule has 1 aromatic heterocycles. The SMILES string of the molecule is c1cc2c(c(-n3ccnc3)c1)CCN2. The predicted molar refractivity (Wildman–Crippen MR) is 55.8 cm³/mol. The molecular formula is C11H11N3. The fourth-order valence-electron chi connectivity index (χ4n) is 1.97. The van der Waals surface area contributed by atoms with E-state index in [9.17, 15) is 0 Å². The molecule has 1 aliphatic rings. The summed E-state index contributed by atoms with van der Waals surface area (Å²) in [5, 5.41) is 3.37. The van der Waals surface area contributed by atoms with Gasteiger partial charge in [-0.25, -0.2) is 4.98 Å². The lowest BCUT2D eigenvalue weighted by molar-refractivity contribution is 1.01. The van der Waals surface area contributed by atoms with Crippen molar-refractivity contribution in [3.8, 4) is 5.69 Å². The van der Waals surface area contributed by atoms with Crippen LogP contribution < -0.4 is 5.32 Å². The molecule has 1 N–H and O–H groups in total. The van der Waals surface area contributed by atoms with Crippen molar-refractivity contribution in [3.05, 3.63) is 42.5 Å². The van der Waals surface area contributed by atoms with Crippen LogP contribution in [0.1, 0.15) is 5.56 Å². The molecule has 0 saturated carbocycles. The Bertz CT molecular complexity index is 446. The van der Waals surface area contributed by atoms with E-state index in [2.05, 4.69) is 33.1 Å². The number of imidazole rings is 1. The smallest absolute Gasteiger partial charge is 0.0991 e. The van der Waals surface area contributed by atoms with E-state index < -0.39 is 0 Å². The molecule has 0 unspecified atom stereocenters. The van der Waals surface area contributed by atoms with Gasteiger partial charge in [-0.1, -0.05) is 6.07 Å². The monoisotopic (exact) mass is 185 g/mol. The van der Waals surface area contributed by atoms with Gasteiger partial charge in [0.1, 0.15) is 0 Å². The third-order valence-corrected chi connectivity index (χ3v) is 2.62. The molecule has 0 spiro atoms. The van der Waals surface area contributed by atoms with Gasteiger partial charge in [0.05, 0.1) is 12.0 Å². The number of anilines is 1. The molecule has 1 aliphatic heterocycles. The molecule has 2 heterocycles. The molecule has 0 amide bonds. The Hall–Kier alpha value is -1.77. The lowest BCUT2D eigenvalue weighted by Crippen LogP contribution is -1.94. The van der Waals surface area contributed by atoms with Crippen LogP contribution in [0.5, 0.6) is 0 Å². The minimum atomic E-state index is 1.04. The molecular weight excluding hydrogens is 174 g/mol. The van der Waals surface area contributed by atoms with Crippen molar-refractivity contribution in [3.63, 3.8) is 0 Å². The highest BCUT2D eigenvalue weighted by atomic mass is 15.0. The highest BCUT2D eigenvalue weighted by molar-refractivity contribution is 5.63. The lowest BCUT2D eigenvalue weighted by atomic mass is 10.1. The number of benzene rings is 1. The second-order valence-corrected chi connectivity index (χ2v) is 3.45. The van der Waals surface area contributed by atoms with Crippen LogP contribution in [-0.4, -0.2) is 16.1 Å². The van der Waals surface area contributed by atoms with E-state index in [0.29, 0.717) is 0 Å². The highest BCUT2D eigenvalue weighted by Gasteiger charge is 2.13. The van der Waals surface area contributed by atoms with Gasteiger partial charge in [-0.3, -0.25) is 0 Å². The molecule has 0 radical (unpaired) electrons. The van der Waals surface area contributed by atoms with E-state index in [1.54, 1.807) is 0 Å². The number of nitrogens with zero attached hydrogens (tertiary/aromatic N) is 2. The first-order valence-corrected chi connectivity index (χ1v) is 4.79. The van der Waals surface area contributed by atoms with Crippen LogP contribution in [-0.2, 0) is 6.42 Å². The summed E-state index contributed by atoms with van der Waals surface area (Å²) in [5.41, 5.74) is 3.90. The number of rotatable bonds is 1. The van der Waals surface area contributed by atoms with Crippen LogP contribution in [0.15, 0.2) is 36.9 Å². The molecule has 3 heteroatoms. The fourth-order valence-corrected chi connectivity index (χ4v) is 1.97. The summed E-state index contributed by atoms with van der Waals surface area (Å²) in [5.74, 6) is 0. The first-order valence-electron chi connectivity index (χ1n) is 4.79. The fraction of sp³-hybridized carbons (Fsp3) is 0.182. The van der Waals surface area contributed by atoms with Crippen LogP contribution in [0.4, 0.5) is 5.69 Å². The highest BCUT2D eigenvalue weighted by Crippen LogP contribution is 2.27. The van der Waals surface area contributed by atoms with Crippen LogP contribution >= 0.6 is 0 Å². The summed E-state index contributed by atoms with van der Waals surface area (Å²) < 4.78 is 2.06. The summed E-state index contributed by atoms with van der Waals surface area (Å²) in [4.78, 5) is 4.07. The second-order valence-electron chi connectivity index (χ2n) is 3.45. The van der Waals surface area contributed by atoms with Gasteiger partial charge in [-0.2, -0.15) is 0 Å². The Morgan fingerprint density at radius 3 is 3.21 bits per heavy atom. The van der Waals surface area contributed by atoms with Crippen LogP contribution in [0, 0.1) is 0 Å². The van der Waals surface area contributed by atoms with Crippen molar-refractivity contribution in [1.29, 1.82) is 0 Å². The average molecular weight is 185 g/mol. The van der Waals surface area contributed by atoms with Crippen molar-refractivity contribution < 1.29 is 0 Å². The van der Waals surface area contributed by atoms with E-state index in [-0.39, 0.29) is 0 Å². The summed E-state index contributed by atoms with van der Waals surface area (Å²) in [6.07, 6.45) is 6.73. The van der Waals surface area contributed by atoms with E-state index in [4.69, 9.17) is 0 Å². The van der Waals surface area contributed by atoms with E-state index in [0.717, 1.165) is 13.0 Å². The molecule has 0 bridgehead atoms. The Morgan fingerprint density at radius 1 is 1.36 bits per heavy atom. The van der Waals surface area contributed by atoms with E-state index in [1.807, 2.05) is 18.7 Å². The third-order valence-electron chi connectivity index (χ3n) is 2.62. The normalized spacial score (nSPS) is 13.7. The summed E-state index contributed by atoms with van der Waals surface area (Å²) in [6.45, 7) is 1.04. The molecule has 0 saturated heterocycles. The van der Waals surface area contributed by atoms with Gasteiger partial charge in [0, 0.05) is 30.2 Å². The zero-order valence-corrected chi connectivity index (χ0v) is 7.77. The number of aromatic nitrogens is 2. The number of fused-ring (bicyclic) bond motifs is 1. The van der Waals surface area contributed by atoms with Gasteiger partial charge in [-0.05, 0) is 18.6 Å². The molecule has 0 aliphatic carbocycles. The average Bonchev–Trinajstić information content (AvgIpc) is 2.88. The summed E-state index contributed by atoms with van der Waals surface area (Å²) in [7, 11) is 0. The maximum Gasteiger partial charge on any atom is 0.0991 e. The first kappa shape index (κ1) is 7.62. The number of hydrogen-bond acceptors (Lipinski definition) is 2. The van der Waals surface area contributed by atoms with Gasteiger partial charge in [0.2, 0.25) is 0 Å². The molecule has 70 valence electrons. The van der Waals surface area contributed by atoms with Crippen molar-refractivity contribution >= 4 is 5.69 Å². The minimum Gasteiger partial charge on any atom is -0.384 e. The molecule has 0 atom stereocenters. The Balaban J connectivity index is 2.20. The zero-order valence-electron chi connectivity index (χ0n) is 7.77. The van der Waals surface area contributed by atoms with Gasteiger partial charge in [0.15, 0.2) is 0 Å². The maximum atomic E-state index is 4.07. The zero-order chi connectivity index (χ0) is 9.38. The first-order chi connectivity index (χ1) is 6.95. The van der Waals surface area contributed by atoms with Crippen LogP contribution in [0.2, 0.25) is 0 Å². The molecule has 14 heavy (non-hydrogen) atoms. The van der Waals surface area contributed by atoms with Gasteiger partial charge < -0.3 is 9.88 Å². The number of nitrogens with one attached hydrogen (secondary N) is 1. The van der Waals surface area contributed by atoms with Gasteiger partial charge >= 0.3 is 0 Å². The molecule has 0 fully saturated rings. The maximum absolute atomic E-state index is 4.07. The van der Waals surface area contributed by atoms with Crippen molar-refractivity contribution in [1.82, 2.24) is 9.55 Å². The van der Waals surface area contributed by atoms with Crippen LogP contribution in [0.3, 0.4) is 0 Å². The van der Waals surface area contributed by atoms with E-state index in [1.165, 1.54) is 16.9 Å². The molecule has 2 aromatic rings. The Kier molecular flexibility index (Phi) is 1.56. The van der Waals surface area contributed by atoms with Crippen LogP contribution in [0.25, 0.3) is 5.69 Å². The quantitative estimate of drug-likeness (QED) is 0.734. The Labute approximate surface area is 82.4 Å². The largest absolute Gasteiger partial charge is 0.384 e. The standard InChI is InChI=1S/C11H11N3/c1-2-10-9(4-5-13-10)11(3-1)14-7-6-12-8-14/h1-3,6-8,13H,4-5H2.